The predicted molar refractivity (Wildman–Crippen MR) is 115 cm³/mol. The Hall–Kier alpha value is -2.86. The predicted octanol–water partition coefficient (Wildman–Crippen LogP) is 4.92. The molecule has 0 bridgehead atoms. The van der Waals surface area contributed by atoms with E-state index in [0.717, 1.165) is 18.5 Å². The normalized spacial score (nSPS) is 13.3. The lowest BCUT2D eigenvalue weighted by atomic mass is 10.1. The summed E-state index contributed by atoms with van der Waals surface area (Å²) >= 11 is 6.23. The number of amides is 2. The molecule has 0 aliphatic carbocycles. The number of carbonyl (C=O) groups excluding carboxylic acids is 1. The van der Waals surface area contributed by atoms with Gasteiger partial charge in [-0.1, -0.05) is 23.7 Å². The van der Waals surface area contributed by atoms with Crippen molar-refractivity contribution in [2.45, 2.75) is 26.4 Å². The molecule has 1 aliphatic rings. The minimum atomic E-state index is -0.185. The number of nitrogens with zero attached hydrogens (tertiary/aromatic N) is 2. The fraction of sp³-hybridized carbons (Fsp3) is 0.318. The van der Waals surface area contributed by atoms with Gasteiger partial charge in [-0.3, -0.25) is 0 Å². The molecule has 3 aromatic rings. The van der Waals surface area contributed by atoms with Crippen molar-refractivity contribution in [2.24, 2.45) is 0 Å². The summed E-state index contributed by atoms with van der Waals surface area (Å²) in [5.41, 5.74) is 4.20. The Balaban J connectivity index is 1.60. The zero-order valence-corrected chi connectivity index (χ0v) is 17.5. The van der Waals surface area contributed by atoms with Crippen LogP contribution in [0.25, 0.3) is 10.9 Å². The first-order chi connectivity index (χ1) is 14.0. The zero-order chi connectivity index (χ0) is 20.5. The Morgan fingerprint density at radius 3 is 2.69 bits per heavy atom. The van der Waals surface area contributed by atoms with Crippen LogP contribution in [-0.2, 0) is 19.5 Å². The van der Waals surface area contributed by atoms with Crippen LogP contribution in [0.5, 0.6) is 11.5 Å². The van der Waals surface area contributed by atoms with Crippen LogP contribution in [0.15, 0.2) is 36.5 Å². The summed E-state index contributed by atoms with van der Waals surface area (Å²) < 4.78 is 12.9. The second kappa shape index (κ2) is 7.87. The van der Waals surface area contributed by atoms with Crippen LogP contribution in [0, 0.1) is 0 Å². The number of hydrogen-bond donors (Lipinski definition) is 1. The van der Waals surface area contributed by atoms with Gasteiger partial charge in [-0.15, -0.1) is 0 Å². The highest BCUT2D eigenvalue weighted by atomic mass is 35.5. The summed E-state index contributed by atoms with van der Waals surface area (Å²) in [5, 5.41) is 4.63. The third kappa shape index (κ3) is 3.49. The topological polar surface area (TPSA) is 55.7 Å². The maximum atomic E-state index is 13.0. The van der Waals surface area contributed by atoms with Gasteiger partial charge in [0.2, 0.25) is 0 Å². The molecule has 0 unspecified atom stereocenters. The first-order valence-electron chi connectivity index (χ1n) is 9.62. The second-order valence-electron chi connectivity index (χ2n) is 7.04. The van der Waals surface area contributed by atoms with E-state index < -0.39 is 0 Å². The maximum Gasteiger partial charge on any atom is 0.322 e. The summed E-state index contributed by atoms with van der Waals surface area (Å²) in [5.74, 6) is 0.993. The number of benzene rings is 2. The Morgan fingerprint density at radius 2 is 1.97 bits per heavy atom. The van der Waals surface area contributed by atoms with Crippen molar-refractivity contribution >= 4 is 34.2 Å². The lowest BCUT2D eigenvalue weighted by Gasteiger charge is -2.23. The molecule has 0 spiro atoms. The summed E-state index contributed by atoms with van der Waals surface area (Å²) in [7, 11) is 3.08. The molecule has 29 heavy (non-hydrogen) atoms. The molecule has 7 heteroatoms. The highest BCUT2D eigenvalue weighted by molar-refractivity contribution is 6.32. The second-order valence-corrected chi connectivity index (χ2v) is 7.45. The van der Waals surface area contributed by atoms with Crippen LogP contribution in [0.3, 0.4) is 0 Å². The van der Waals surface area contributed by atoms with Crippen molar-refractivity contribution in [2.75, 3.05) is 26.1 Å². The SMILES string of the molecule is CCn1cc2c3c(cccc31)CN(C(=O)Nc1cc(Cl)c(OC)cc1OC)CC2. The average molecular weight is 414 g/mol. The van der Waals surface area contributed by atoms with Gasteiger partial charge in [-0.2, -0.15) is 0 Å². The van der Waals surface area contributed by atoms with Gasteiger partial charge < -0.3 is 24.3 Å². The quantitative estimate of drug-likeness (QED) is 0.660. The maximum absolute atomic E-state index is 13.0. The summed E-state index contributed by atoms with van der Waals surface area (Å²) in [6, 6.07) is 9.43. The van der Waals surface area contributed by atoms with E-state index in [1.807, 2.05) is 4.90 Å². The first kappa shape index (κ1) is 19.5. The van der Waals surface area contributed by atoms with Crippen LogP contribution in [0.4, 0.5) is 10.5 Å². The van der Waals surface area contributed by atoms with Gasteiger partial charge in [0.15, 0.2) is 0 Å². The molecule has 2 aromatic carbocycles. The minimum absolute atomic E-state index is 0.185. The monoisotopic (exact) mass is 413 g/mol. The smallest absolute Gasteiger partial charge is 0.322 e. The van der Waals surface area contributed by atoms with Crippen LogP contribution < -0.4 is 14.8 Å². The molecule has 1 aliphatic heterocycles. The van der Waals surface area contributed by atoms with Crippen LogP contribution >= 0.6 is 11.6 Å². The Morgan fingerprint density at radius 1 is 1.17 bits per heavy atom. The molecule has 1 N–H and O–H groups in total. The van der Waals surface area contributed by atoms with Crippen molar-refractivity contribution in [1.29, 1.82) is 0 Å². The number of ether oxygens (including phenoxy) is 2. The molecule has 6 nitrogen and oxygen atoms in total. The summed E-state index contributed by atoms with van der Waals surface area (Å²) in [4.78, 5) is 14.9. The molecule has 2 amide bonds. The minimum Gasteiger partial charge on any atom is -0.495 e. The van der Waals surface area contributed by atoms with Gasteiger partial charge in [0.25, 0.3) is 0 Å². The van der Waals surface area contributed by atoms with Gasteiger partial charge in [0.05, 0.1) is 24.9 Å². The van der Waals surface area contributed by atoms with E-state index in [0.29, 0.717) is 35.3 Å². The van der Waals surface area contributed by atoms with E-state index >= 15 is 0 Å². The van der Waals surface area contributed by atoms with Crippen molar-refractivity contribution in [3.8, 4) is 11.5 Å². The molecule has 152 valence electrons. The number of hydrogen-bond acceptors (Lipinski definition) is 3. The Labute approximate surface area is 175 Å². The van der Waals surface area contributed by atoms with E-state index in [4.69, 9.17) is 21.1 Å². The van der Waals surface area contributed by atoms with Crippen LogP contribution in [0.2, 0.25) is 5.02 Å². The lowest BCUT2D eigenvalue weighted by molar-refractivity contribution is 0.210. The molecule has 0 atom stereocenters. The van der Waals surface area contributed by atoms with Crippen molar-refractivity contribution < 1.29 is 14.3 Å². The average Bonchev–Trinajstić information content (AvgIpc) is 2.98. The van der Waals surface area contributed by atoms with Crippen LogP contribution in [-0.4, -0.2) is 36.3 Å². The molecular formula is C22H24ClN3O3. The van der Waals surface area contributed by atoms with Crippen molar-refractivity contribution in [3.63, 3.8) is 0 Å². The number of urea groups is 1. The van der Waals surface area contributed by atoms with E-state index in [1.54, 1.807) is 19.2 Å². The number of aryl methyl sites for hydroxylation is 1. The van der Waals surface area contributed by atoms with Crippen molar-refractivity contribution in [3.05, 3.63) is 52.7 Å². The standard InChI is InChI=1S/C22H24ClN3O3/c1-4-25-12-15-8-9-26(13-14-6-5-7-18(25)21(14)15)22(27)24-17-10-16(23)19(28-2)11-20(17)29-3/h5-7,10-12H,4,8-9,13H2,1-3H3,(H,24,27). The fourth-order valence-electron chi connectivity index (χ4n) is 3.97. The number of halogens is 1. The summed E-state index contributed by atoms with van der Waals surface area (Å²) in [6.45, 7) is 4.27. The number of anilines is 1. The Bertz CT molecular complexity index is 1080. The molecule has 0 saturated carbocycles. The van der Waals surface area contributed by atoms with E-state index in [-0.39, 0.29) is 6.03 Å². The number of methoxy groups -OCH3 is 2. The largest absolute Gasteiger partial charge is 0.495 e. The Kier molecular flexibility index (Phi) is 5.28. The van der Waals surface area contributed by atoms with Gasteiger partial charge >= 0.3 is 6.03 Å². The summed E-state index contributed by atoms with van der Waals surface area (Å²) in [6.07, 6.45) is 3.02. The lowest BCUT2D eigenvalue weighted by Crippen LogP contribution is -2.35. The third-order valence-electron chi connectivity index (χ3n) is 5.43. The molecule has 0 radical (unpaired) electrons. The van der Waals surface area contributed by atoms with Gasteiger partial charge in [0, 0.05) is 42.8 Å². The molecule has 2 heterocycles. The van der Waals surface area contributed by atoms with Crippen LogP contribution in [0.1, 0.15) is 18.1 Å². The fourth-order valence-corrected chi connectivity index (χ4v) is 4.21. The van der Waals surface area contributed by atoms with Gasteiger partial charge in [-0.25, -0.2) is 4.79 Å². The molecule has 1 aromatic heterocycles. The highest BCUT2D eigenvalue weighted by Gasteiger charge is 2.23. The number of nitrogens with one attached hydrogen (secondary N) is 1. The first-order valence-corrected chi connectivity index (χ1v) is 10.0. The van der Waals surface area contributed by atoms with Gasteiger partial charge in [-0.05, 0) is 36.6 Å². The van der Waals surface area contributed by atoms with Crippen molar-refractivity contribution in [1.82, 2.24) is 9.47 Å². The van der Waals surface area contributed by atoms with E-state index in [2.05, 4.69) is 41.2 Å². The number of rotatable bonds is 4. The highest BCUT2D eigenvalue weighted by Crippen LogP contribution is 2.36. The molecule has 0 fully saturated rings. The molecule has 0 saturated heterocycles. The van der Waals surface area contributed by atoms with Gasteiger partial charge in [0.1, 0.15) is 11.5 Å². The third-order valence-corrected chi connectivity index (χ3v) is 5.72. The molecular weight excluding hydrogens is 390 g/mol. The van der Waals surface area contributed by atoms with E-state index in [1.165, 1.54) is 23.6 Å². The number of aromatic nitrogens is 1. The molecule has 4 rings (SSSR count). The number of carbonyl (C=O) groups is 1. The zero-order valence-electron chi connectivity index (χ0n) is 16.8. The van der Waals surface area contributed by atoms with E-state index in [9.17, 15) is 4.79 Å².